The van der Waals surface area contributed by atoms with Crippen molar-refractivity contribution in [2.24, 2.45) is 11.7 Å². The molecule has 0 aliphatic rings. The second-order valence-corrected chi connectivity index (χ2v) is 4.44. The molecule has 0 aliphatic carbocycles. The summed E-state index contributed by atoms with van der Waals surface area (Å²) in [4.78, 5) is 11.9. The molecule has 2 atom stereocenters. The summed E-state index contributed by atoms with van der Waals surface area (Å²) in [5.74, 6) is -1.09. The number of alkyl halides is 3. The van der Waals surface area contributed by atoms with E-state index in [1.165, 1.54) is 18.2 Å². The summed E-state index contributed by atoms with van der Waals surface area (Å²) < 4.78 is 40.6. The largest absolute Gasteiger partial charge is 0.573 e. The average Bonchev–Trinajstić information content (AvgIpc) is 2.37. The molecule has 0 heterocycles. The number of carbonyl (C=O) groups is 1. The van der Waals surface area contributed by atoms with E-state index in [-0.39, 0.29) is 11.6 Å². The van der Waals surface area contributed by atoms with E-state index in [1.54, 1.807) is 6.92 Å². The van der Waals surface area contributed by atoms with Gasteiger partial charge in [0.25, 0.3) is 0 Å². The highest BCUT2D eigenvalue weighted by atomic mass is 19.4. The van der Waals surface area contributed by atoms with Crippen LogP contribution in [0.5, 0.6) is 5.75 Å². The molecule has 0 fully saturated rings. The van der Waals surface area contributed by atoms with Crippen LogP contribution in [0.1, 0.15) is 20.3 Å². The number of hydrogen-bond acceptors (Lipinski definition) is 3. The summed E-state index contributed by atoms with van der Waals surface area (Å²) in [6, 6.07) is 4.53. The monoisotopic (exact) mass is 290 g/mol. The Kier molecular flexibility index (Phi) is 5.38. The molecule has 0 saturated heterocycles. The number of para-hydroxylation sites is 2. The van der Waals surface area contributed by atoms with E-state index < -0.39 is 24.1 Å². The van der Waals surface area contributed by atoms with Gasteiger partial charge in [0, 0.05) is 0 Å². The Labute approximate surface area is 115 Å². The van der Waals surface area contributed by atoms with Gasteiger partial charge in [-0.25, -0.2) is 0 Å². The van der Waals surface area contributed by atoms with Gasteiger partial charge in [-0.2, -0.15) is 0 Å². The molecule has 0 saturated carbocycles. The van der Waals surface area contributed by atoms with Crippen molar-refractivity contribution in [2.45, 2.75) is 32.7 Å². The number of nitrogens with one attached hydrogen (secondary N) is 1. The number of benzene rings is 1. The van der Waals surface area contributed by atoms with Gasteiger partial charge in [-0.05, 0) is 18.1 Å². The lowest BCUT2D eigenvalue weighted by Gasteiger charge is -2.19. The van der Waals surface area contributed by atoms with Crippen LogP contribution in [0, 0.1) is 5.92 Å². The van der Waals surface area contributed by atoms with Crippen molar-refractivity contribution < 1.29 is 22.7 Å². The van der Waals surface area contributed by atoms with Crippen molar-refractivity contribution in [3.05, 3.63) is 24.3 Å². The number of amides is 1. The van der Waals surface area contributed by atoms with Crippen LogP contribution in [0.25, 0.3) is 0 Å². The summed E-state index contributed by atoms with van der Waals surface area (Å²) in [5, 5.41) is 2.36. The molecule has 112 valence electrons. The molecule has 4 nitrogen and oxygen atoms in total. The van der Waals surface area contributed by atoms with E-state index in [2.05, 4.69) is 10.1 Å². The van der Waals surface area contributed by atoms with Gasteiger partial charge < -0.3 is 15.8 Å². The Morgan fingerprint density at radius 1 is 1.40 bits per heavy atom. The zero-order chi connectivity index (χ0) is 15.3. The Morgan fingerprint density at radius 2 is 2.00 bits per heavy atom. The van der Waals surface area contributed by atoms with Crippen molar-refractivity contribution in [1.29, 1.82) is 0 Å². The third-order valence-electron chi connectivity index (χ3n) is 2.93. The topological polar surface area (TPSA) is 64.4 Å². The number of hydrogen-bond donors (Lipinski definition) is 2. The highest BCUT2D eigenvalue weighted by molar-refractivity contribution is 5.96. The molecular weight excluding hydrogens is 273 g/mol. The lowest BCUT2D eigenvalue weighted by molar-refractivity contribution is -0.274. The molecule has 2 unspecified atom stereocenters. The Morgan fingerprint density at radius 3 is 2.55 bits per heavy atom. The smallest absolute Gasteiger partial charge is 0.404 e. The van der Waals surface area contributed by atoms with Gasteiger partial charge in [0.15, 0.2) is 5.75 Å². The maximum absolute atomic E-state index is 12.2. The quantitative estimate of drug-likeness (QED) is 0.876. The van der Waals surface area contributed by atoms with E-state index in [1.807, 2.05) is 6.92 Å². The molecule has 1 aromatic rings. The second kappa shape index (κ2) is 6.60. The fourth-order valence-corrected chi connectivity index (χ4v) is 1.51. The van der Waals surface area contributed by atoms with Crippen molar-refractivity contribution in [3.63, 3.8) is 0 Å². The van der Waals surface area contributed by atoms with Gasteiger partial charge in [-0.1, -0.05) is 32.4 Å². The minimum atomic E-state index is -4.82. The van der Waals surface area contributed by atoms with Crippen LogP contribution in [0.15, 0.2) is 24.3 Å². The normalized spacial score (nSPS) is 14.5. The molecule has 3 N–H and O–H groups in total. The number of halogens is 3. The molecule has 0 aromatic heterocycles. The van der Waals surface area contributed by atoms with E-state index in [0.29, 0.717) is 6.42 Å². The first-order chi connectivity index (χ1) is 9.24. The number of nitrogens with two attached hydrogens (primary N) is 1. The van der Waals surface area contributed by atoms with E-state index in [0.717, 1.165) is 6.07 Å². The summed E-state index contributed by atoms with van der Waals surface area (Å²) in [5.41, 5.74) is 5.66. The standard InChI is InChI=1S/C13H17F3N2O2/c1-3-8(2)11(17)12(19)18-9-6-4-5-7-10(9)20-13(14,15)16/h4-8,11H,3,17H2,1-2H3,(H,18,19). The van der Waals surface area contributed by atoms with Gasteiger partial charge in [-0.3, -0.25) is 4.79 Å². The molecule has 1 aromatic carbocycles. The fourth-order valence-electron chi connectivity index (χ4n) is 1.51. The molecular formula is C13H17F3N2O2. The predicted octanol–water partition coefficient (Wildman–Crippen LogP) is 2.90. The van der Waals surface area contributed by atoms with Crippen molar-refractivity contribution in [3.8, 4) is 5.75 Å². The molecule has 0 radical (unpaired) electrons. The molecule has 1 rings (SSSR count). The van der Waals surface area contributed by atoms with Crippen LogP contribution in [0.2, 0.25) is 0 Å². The minimum absolute atomic E-state index is 0.0615. The Hall–Kier alpha value is -1.76. The van der Waals surface area contributed by atoms with Crippen LogP contribution in [0.3, 0.4) is 0 Å². The molecule has 0 aliphatic heterocycles. The van der Waals surface area contributed by atoms with Crippen molar-refractivity contribution in [2.75, 3.05) is 5.32 Å². The first kappa shape index (κ1) is 16.3. The summed E-state index contributed by atoms with van der Waals surface area (Å²) >= 11 is 0. The zero-order valence-corrected chi connectivity index (χ0v) is 11.2. The lowest BCUT2D eigenvalue weighted by atomic mass is 9.99. The van der Waals surface area contributed by atoms with Gasteiger partial charge in [0.2, 0.25) is 5.91 Å². The van der Waals surface area contributed by atoms with Gasteiger partial charge >= 0.3 is 6.36 Å². The van der Waals surface area contributed by atoms with Crippen LogP contribution >= 0.6 is 0 Å². The van der Waals surface area contributed by atoms with Crippen LogP contribution < -0.4 is 15.8 Å². The maximum atomic E-state index is 12.2. The number of anilines is 1. The number of carbonyl (C=O) groups excluding carboxylic acids is 1. The first-order valence-electron chi connectivity index (χ1n) is 6.15. The Bertz CT molecular complexity index is 463. The van der Waals surface area contributed by atoms with Crippen LogP contribution in [-0.4, -0.2) is 18.3 Å². The first-order valence-corrected chi connectivity index (χ1v) is 6.15. The van der Waals surface area contributed by atoms with E-state index >= 15 is 0 Å². The fraction of sp³-hybridized carbons (Fsp3) is 0.462. The van der Waals surface area contributed by atoms with Gasteiger partial charge in [0.05, 0.1) is 11.7 Å². The zero-order valence-electron chi connectivity index (χ0n) is 11.2. The Balaban J connectivity index is 2.85. The molecule has 0 spiro atoms. The SMILES string of the molecule is CCC(C)C(N)C(=O)Nc1ccccc1OC(F)(F)F. The minimum Gasteiger partial charge on any atom is -0.404 e. The maximum Gasteiger partial charge on any atom is 0.573 e. The van der Waals surface area contributed by atoms with Gasteiger partial charge in [0.1, 0.15) is 0 Å². The van der Waals surface area contributed by atoms with E-state index in [4.69, 9.17) is 5.73 Å². The highest BCUT2D eigenvalue weighted by Gasteiger charge is 2.32. The molecule has 7 heteroatoms. The molecule has 1 amide bonds. The number of rotatable bonds is 5. The van der Waals surface area contributed by atoms with Gasteiger partial charge in [-0.15, -0.1) is 13.2 Å². The second-order valence-electron chi connectivity index (χ2n) is 4.44. The predicted molar refractivity (Wildman–Crippen MR) is 69.2 cm³/mol. The van der Waals surface area contributed by atoms with Crippen LogP contribution in [-0.2, 0) is 4.79 Å². The summed E-state index contributed by atoms with van der Waals surface area (Å²) in [6.45, 7) is 3.67. The van der Waals surface area contributed by atoms with Crippen LogP contribution in [0.4, 0.5) is 18.9 Å². The highest BCUT2D eigenvalue weighted by Crippen LogP contribution is 2.30. The van der Waals surface area contributed by atoms with E-state index in [9.17, 15) is 18.0 Å². The average molecular weight is 290 g/mol. The van der Waals surface area contributed by atoms with Crippen molar-refractivity contribution in [1.82, 2.24) is 0 Å². The third-order valence-corrected chi connectivity index (χ3v) is 2.93. The lowest BCUT2D eigenvalue weighted by Crippen LogP contribution is -2.40. The summed E-state index contributed by atoms with van der Waals surface area (Å²) in [6.07, 6.45) is -4.13. The molecule has 20 heavy (non-hydrogen) atoms. The third kappa shape index (κ3) is 4.73. The number of ether oxygens (including phenoxy) is 1. The molecule has 0 bridgehead atoms. The van der Waals surface area contributed by atoms with Crippen molar-refractivity contribution >= 4 is 11.6 Å². The summed E-state index contributed by atoms with van der Waals surface area (Å²) in [7, 11) is 0.